The minimum atomic E-state index is 0.710. The van der Waals surface area contributed by atoms with E-state index in [0.717, 1.165) is 19.3 Å². The zero-order valence-corrected chi connectivity index (χ0v) is 9.17. The van der Waals surface area contributed by atoms with E-state index in [-0.39, 0.29) is 0 Å². The lowest BCUT2D eigenvalue weighted by molar-refractivity contribution is 0.00795. The minimum absolute atomic E-state index is 0.710. The number of rotatable bonds is 2. The average Bonchev–Trinajstić information content (AvgIpc) is 2.30. The summed E-state index contributed by atoms with van der Waals surface area (Å²) < 4.78 is 5.53. The highest BCUT2D eigenvalue weighted by molar-refractivity contribution is 4.81. The van der Waals surface area contributed by atoms with E-state index < -0.39 is 0 Å². The van der Waals surface area contributed by atoms with Crippen LogP contribution in [0.2, 0.25) is 0 Å². The molecule has 3 heteroatoms. The van der Waals surface area contributed by atoms with E-state index in [9.17, 15) is 0 Å². The second kappa shape index (κ2) is 5.10. The third-order valence-electron chi connectivity index (χ3n) is 3.59. The Morgan fingerprint density at radius 3 is 2.57 bits per heavy atom. The quantitative estimate of drug-likeness (QED) is 0.712. The van der Waals surface area contributed by atoms with Gasteiger partial charge < -0.3 is 10.1 Å². The summed E-state index contributed by atoms with van der Waals surface area (Å²) in [5.41, 5.74) is 0. The van der Waals surface area contributed by atoms with Gasteiger partial charge in [-0.15, -0.1) is 0 Å². The fraction of sp³-hybridized carbons (Fsp3) is 1.00. The van der Waals surface area contributed by atoms with Crippen LogP contribution in [-0.4, -0.2) is 50.3 Å². The van der Waals surface area contributed by atoms with Crippen molar-refractivity contribution in [3.05, 3.63) is 0 Å². The maximum absolute atomic E-state index is 5.53. The van der Waals surface area contributed by atoms with E-state index in [2.05, 4.69) is 17.3 Å². The maximum atomic E-state index is 5.53. The molecule has 3 nitrogen and oxygen atoms in total. The molecule has 2 fully saturated rings. The molecular formula is C11H22N2O. The first-order valence-electron chi connectivity index (χ1n) is 5.89. The molecule has 2 rings (SSSR count). The Balaban J connectivity index is 1.76. The zero-order chi connectivity index (χ0) is 9.80. The molecule has 14 heavy (non-hydrogen) atoms. The summed E-state index contributed by atoms with van der Waals surface area (Å²) in [6, 6.07) is 1.46. The molecule has 0 aromatic rings. The van der Waals surface area contributed by atoms with E-state index in [4.69, 9.17) is 4.74 Å². The molecule has 0 aliphatic carbocycles. The van der Waals surface area contributed by atoms with Crippen LogP contribution in [0.25, 0.3) is 0 Å². The largest absolute Gasteiger partial charge is 0.380 e. The zero-order valence-electron chi connectivity index (χ0n) is 9.17. The van der Waals surface area contributed by atoms with Crippen LogP contribution in [-0.2, 0) is 4.74 Å². The Morgan fingerprint density at radius 2 is 2.00 bits per heavy atom. The van der Waals surface area contributed by atoms with Crippen molar-refractivity contribution in [2.24, 2.45) is 0 Å². The Morgan fingerprint density at radius 1 is 1.21 bits per heavy atom. The molecule has 1 atom stereocenters. The SMILES string of the molecule is CNC1CCN(C2CCCOC2)CC1. The van der Waals surface area contributed by atoms with Crippen LogP contribution in [0.15, 0.2) is 0 Å². The molecule has 2 aliphatic heterocycles. The fourth-order valence-corrected chi connectivity index (χ4v) is 2.56. The summed E-state index contributed by atoms with van der Waals surface area (Å²) in [7, 11) is 2.07. The first-order valence-corrected chi connectivity index (χ1v) is 5.89. The lowest BCUT2D eigenvalue weighted by atomic mass is 10.0. The number of nitrogens with one attached hydrogen (secondary N) is 1. The maximum Gasteiger partial charge on any atom is 0.0621 e. The van der Waals surface area contributed by atoms with Crippen LogP contribution in [0.1, 0.15) is 25.7 Å². The van der Waals surface area contributed by atoms with Crippen LogP contribution in [0.5, 0.6) is 0 Å². The predicted octanol–water partition coefficient (Wildman–Crippen LogP) is 0.849. The molecule has 0 bridgehead atoms. The number of ether oxygens (including phenoxy) is 1. The van der Waals surface area contributed by atoms with Gasteiger partial charge >= 0.3 is 0 Å². The second-order valence-electron chi connectivity index (χ2n) is 4.47. The summed E-state index contributed by atoms with van der Waals surface area (Å²) >= 11 is 0. The van der Waals surface area contributed by atoms with Gasteiger partial charge in [0.25, 0.3) is 0 Å². The number of nitrogens with zero attached hydrogens (tertiary/aromatic N) is 1. The van der Waals surface area contributed by atoms with E-state index in [1.807, 2.05) is 0 Å². The van der Waals surface area contributed by atoms with Gasteiger partial charge in [-0.2, -0.15) is 0 Å². The van der Waals surface area contributed by atoms with Crippen molar-refractivity contribution in [2.75, 3.05) is 33.4 Å². The van der Waals surface area contributed by atoms with Gasteiger partial charge in [0.1, 0.15) is 0 Å². The normalized spacial score (nSPS) is 31.9. The van der Waals surface area contributed by atoms with Gasteiger partial charge in [0.2, 0.25) is 0 Å². The molecule has 0 amide bonds. The average molecular weight is 198 g/mol. The van der Waals surface area contributed by atoms with Crippen LogP contribution < -0.4 is 5.32 Å². The van der Waals surface area contributed by atoms with Crippen molar-refractivity contribution in [2.45, 2.75) is 37.8 Å². The molecule has 2 heterocycles. The Bertz CT molecular complexity index is 161. The summed E-state index contributed by atoms with van der Waals surface area (Å²) in [4.78, 5) is 2.62. The van der Waals surface area contributed by atoms with Crippen LogP contribution in [0, 0.1) is 0 Å². The van der Waals surface area contributed by atoms with Gasteiger partial charge in [-0.25, -0.2) is 0 Å². The van der Waals surface area contributed by atoms with Gasteiger partial charge in [-0.05, 0) is 32.7 Å². The molecule has 2 aliphatic rings. The van der Waals surface area contributed by atoms with E-state index >= 15 is 0 Å². The second-order valence-corrected chi connectivity index (χ2v) is 4.47. The highest BCUT2D eigenvalue weighted by Gasteiger charge is 2.25. The highest BCUT2D eigenvalue weighted by Crippen LogP contribution is 2.18. The number of hydrogen-bond donors (Lipinski definition) is 1. The van der Waals surface area contributed by atoms with Gasteiger partial charge in [0, 0.05) is 31.8 Å². The third-order valence-corrected chi connectivity index (χ3v) is 3.59. The van der Waals surface area contributed by atoms with Crippen molar-refractivity contribution in [1.29, 1.82) is 0 Å². The number of hydrogen-bond acceptors (Lipinski definition) is 3. The topological polar surface area (TPSA) is 24.5 Å². The molecule has 1 unspecified atom stereocenters. The standard InChI is InChI=1S/C11H22N2O/c1-12-10-4-6-13(7-5-10)11-3-2-8-14-9-11/h10-12H,2-9H2,1H3. The fourth-order valence-electron chi connectivity index (χ4n) is 2.56. The van der Waals surface area contributed by atoms with Crippen molar-refractivity contribution in [3.8, 4) is 0 Å². The van der Waals surface area contributed by atoms with Crippen molar-refractivity contribution >= 4 is 0 Å². The van der Waals surface area contributed by atoms with Crippen LogP contribution in [0.4, 0.5) is 0 Å². The number of piperidine rings is 1. The van der Waals surface area contributed by atoms with Gasteiger partial charge in [0.05, 0.1) is 6.61 Å². The first-order chi connectivity index (χ1) is 6.90. The number of likely N-dealkylation sites (tertiary alicyclic amines) is 1. The molecule has 2 saturated heterocycles. The lowest BCUT2D eigenvalue weighted by Gasteiger charge is -2.39. The van der Waals surface area contributed by atoms with Crippen LogP contribution >= 0.6 is 0 Å². The Kier molecular flexibility index (Phi) is 3.79. The van der Waals surface area contributed by atoms with Crippen molar-refractivity contribution in [3.63, 3.8) is 0 Å². The van der Waals surface area contributed by atoms with E-state index in [1.165, 1.54) is 38.8 Å². The summed E-state index contributed by atoms with van der Waals surface area (Å²) in [6.45, 7) is 4.44. The molecular weight excluding hydrogens is 176 g/mol. The van der Waals surface area contributed by atoms with E-state index in [0.29, 0.717) is 6.04 Å². The third kappa shape index (κ3) is 2.47. The molecule has 1 N–H and O–H groups in total. The smallest absolute Gasteiger partial charge is 0.0621 e. The van der Waals surface area contributed by atoms with E-state index in [1.54, 1.807) is 0 Å². The first kappa shape index (κ1) is 10.4. The summed E-state index contributed by atoms with van der Waals surface area (Å²) in [5.74, 6) is 0. The molecule has 0 aromatic heterocycles. The minimum Gasteiger partial charge on any atom is -0.380 e. The van der Waals surface area contributed by atoms with Gasteiger partial charge in [-0.3, -0.25) is 4.90 Å². The van der Waals surface area contributed by atoms with Crippen molar-refractivity contribution in [1.82, 2.24) is 10.2 Å². The molecule has 0 aromatic carbocycles. The van der Waals surface area contributed by atoms with Crippen molar-refractivity contribution < 1.29 is 4.74 Å². The van der Waals surface area contributed by atoms with Crippen LogP contribution in [0.3, 0.4) is 0 Å². The molecule has 0 spiro atoms. The Labute approximate surface area is 86.8 Å². The highest BCUT2D eigenvalue weighted by atomic mass is 16.5. The van der Waals surface area contributed by atoms with Gasteiger partial charge in [0.15, 0.2) is 0 Å². The monoisotopic (exact) mass is 198 g/mol. The molecule has 82 valence electrons. The molecule has 0 radical (unpaired) electrons. The summed E-state index contributed by atoms with van der Waals surface area (Å²) in [5, 5.41) is 3.37. The predicted molar refractivity (Wildman–Crippen MR) is 57.5 cm³/mol. The lowest BCUT2D eigenvalue weighted by Crippen LogP contribution is -2.48. The molecule has 0 saturated carbocycles. The van der Waals surface area contributed by atoms with Gasteiger partial charge in [-0.1, -0.05) is 0 Å². The Hall–Kier alpha value is -0.120. The summed E-state index contributed by atoms with van der Waals surface area (Å²) in [6.07, 6.45) is 5.18.